The van der Waals surface area contributed by atoms with Crippen LogP contribution in [0.3, 0.4) is 0 Å². The third kappa shape index (κ3) is 3.57. The number of hydrogen-bond donors (Lipinski definition) is 1. The number of rotatable bonds is 5. The predicted molar refractivity (Wildman–Crippen MR) is 107 cm³/mol. The third-order valence-corrected chi connectivity index (χ3v) is 5.63. The number of aromatic nitrogens is 8. The summed E-state index contributed by atoms with van der Waals surface area (Å²) in [7, 11) is 0. The van der Waals surface area contributed by atoms with Crippen molar-refractivity contribution in [3.05, 3.63) is 18.0 Å². The van der Waals surface area contributed by atoms with Crippen molar-refractivity contribution in [1.82, 2.24) is 39.7 Å². The van der Waals surface area contributed by atoms with E-state index in [1.54, 1.807) is 6.33 Å². The van der Waals surface area contributed by atoms with Crippen molar-refractivity contribution in [3.8, 4) is 0 Å². The molecule has 0 unspecified atom stereocenters. The highest BCUT2D eigenvalue weighted by molar-refractivity contribution is 5.84. The summed E-state index contributed by atoms with van der Waals surface area (Å²) in [4.78, 5) is 16.5. The summed E-state index contributed by atoms with van der Waals surface area (Å²) in [5, 5.41) is 22.3. The number of tetrazole rings is 1. The zero-order valence-electron chi connectivity index (χ0n) is 17.2. The monoisotopic (exact) mass is 397 g/mol. The fourth-order valence-corrected chi connectivity index (χ4v) is 3.71. The average Bonchev–Trinajstić information content (AvgIpc) is 3.02. The predicted octanol–water partition coefficient (Wildman–Crippen LogP) is 1.14. The lowest BCUT2D eigenvalue weighted by atomic mass is 9.96. The first-order valence-electron chi connectivity index (χ1n) is 10.3. The van der Waals surface area contributed by atoms with Gasteiger partial charge < -0.3 is 14.6 Å². The fraction of sp³-hybridized carbons (Fsp3) is 0.684. The molecular formula is C19H27N9O. The smallest absolute Gasteiger partial charge is 0.171 e. The van der Waals surface area contributed by atoms with Gasteiger partial charge in [-0.3, -0.25) is 0 Å². The second-order valence-electron chi connectivity index (χ2n) is 9.27. The van der Waals surface area contributed by atoms with Crippen LogP contribution in [0.15, 0.2) is 6.33 Å². The molecule has 0 amide bonds. The Morgan fingerprint density at radius 2 is 2.00 bits per heavy atom. The van der Waals surface area contributed by atoms with Crippen LogP contribution in [0.25, 0.3) is 11.2 Å². The quantitative estimate of drug-likeness (QED) is 0.682. The largest absolute Gasteiger partial charge is 0.391 e. The Morgan fingerprint density at radius 3 is 2.69 bits per heavy atom. The van der Waals surface area contributed by atoms with Crippen molar-refractivity contribution in [3.63, 3.8) is 0 Å². The van der Waals surface area contributed by atoms with Crippen LogP contribution in [-0.4, -0.2) is 64.0 Å². The molecule has 10 nitrogen and oxygen atoms in total. The minimum Gasteiger partial charge on any atom is -0.391 e. The van der Waals surface area contributed by atoms with E-state index >= 15 is 0 Å². The van der Waals surface area contributed by atoms with Gasteiger partial charge in [-0.05, 0) is 35.6 Å². The number of imidazole rings is 1. The van der Waals surface area contributed by atoms with Crippen molar-refractivity contribution in [2.75, 3.05) is 18.0 Å². The van der Waals surface area contributed by atoms with Gasteiger partial charge in [0, 0.05) is 25.0 Å². The first-order chi connectivity index (χ1) is 13.9. The van der Waals surface area contributed by atoms with E-state index < -0.39 is 0 Å². The van der Waals surface area contributed by atoms with E-state index in [0.29, 0.717) is 19.0 Å². The lowest BCUT2D eigenvalue weighted by molar-refractivity contribution is 0.198. The van der Waals surface area contributed by atoms with Gasteiger partial charge in [0.2, 0.25) is 0 Å². The van der Waals surface area contributed by atoms with E-state index in [4.69, 9.17) is 9.97 Å². The molecule has 1 saturated carbocycles. The topological polar surface area (TPSA) is 111 Å². The van der Waals surface area contributed by atoms with Crippen molar-refractivity contribution in [2.24, 2.45) is 5.92 Å². The minimum atomic E-state index is -0.327. The third-order valence-electron chi connectivity index (χ3n) is 5.63. The highest BCUT2D eigenvalue weighted by atomic mass is 16.3. The van der Waals surface area contributed by atoms with Crippen molar-refractivity contribution in [1.29, 1.82) is 0 Å². The van der Waals surface area contributed by atoms with Gasteiger partial charge >= 0.3 is 0 Å². The van der Waals surface area contributed by atoms with Gasteiger partial charge in [-0.15, -0.1) is 5.10 Å². The van der Waals surface area contributed by atoms with Crippen LogP contribution in [0.4, 0.5) is 5.82 Å². The van der Waals surface area contributed by atoms with E-state index in [1.165, 1.54) is 12.8 Å². The Kier molecular flexibility index (Phi) is 4.27. The molecule has 1 N–H and O–H groups in total. The maximum Gasteiger partial charge on any atom is 0.171 e. The normalized spacial score (nSPS) is 20.1. The highest BCUT2D eigenvalue weighted by Crippen LogP contribution is 2.31. The maximum absolute atomic E-state index is 10.0. The molecule has 5 rings (SSSR count). The molecule has 154 valence electrons. The van der Waals surface area contributed by atoms with E-state index in [1.807, 2.05) is 9.25 Å². The molecule has 1 saturated heterocycles. The molecule has 0 radical (unpaired) electrons. The lowest BCUT2D eigenvalue weighted by Gasteiger charge is -2.22. The van der Waals surface area contributed by atoms with Crippen molar-refractivity contribution >= 4 is 17.0 Å². The van der Waals surface area contributed by atoms with Crippen LogP contribution in [0.5, 0.6) is 0 Å². The zero-order valence-corrected chi connectivity index (χ0v) is 17.2. The molecule has 2 fully saturated rings. The number of hydrogen-bond acceptors (Lipinski definition) is 8. The SMILES string of the molecule is CC(C)(C)c1nc(N2CC[C@H](O)C2)c2ncn(Cc3nnnn3CC3CC3)c2n1. The number of aliphatic hydroxyl groups is 1. The van der Waals surface area contributed by atoms with Crippen molar-refractivity contribution in [2.45, 2.75) is 64.6 Å². The summed E-state index contributed by atoms with van der Waals surface area (Å²) in [6.45, 7) is 9.04. The first-order valence-corrected chi connectivity index (χ1v) is 10.3. The summed E-state index contributed by atoms with van der Waals surface area (Å²) in [6, 6.07) is 0. The van der Waals surface area contributed by atoms with Gasteiger partial charge in [-0.2, -0.15) is 0 Å². The van der Waals surface area contributed by atoms with E-state index in [-0.39, 0.29) is 11.5 Å². The molecule has 10 heteroatoms. The molecule has 4 heterocycles. The van der Waals surface area contributed by atoms with E-state index in [9.17, 15) is 5.11 Å². The van der Waals surface area contributed by atoms with Crippen LogP contribution in [0.2, 0.25) is 0 Å². The molecular weight excluding hydrogens is 370 g/mol. The highest BCUT2D eigenvalue weighted by Gasteiger charge is 2.29. The van der Waals surface area contributed by atoms with Gasteiger partial charge in [-0.1, -0.05) is 20.8 Å². The van der Waals surface area contributed by atoms with Gasteiger partial charge in [0.1, 0.15) is 5.82 Å². The van der Waals surface area contributed by atoms with Crippen LogP contribution < -0.4 is 4.90 Å². The lowest BCUT2D eigenvalue weighted by Crippen LogP contribution is -2.25. The van der Waals surface area contributed by atoms with Gasteiger partial charge in [0.05, 0.1) is 19.0 Å². The van der Waals surface area contributed by atoms with E-state index in [0.717, 1.165) is 48.1 Å². The fourth-order valence-electron chi connectivity index (χ4n) is 3.71. The minimum absolute atomic E-state index is 0.204. The number of fused-ring (bicyclic) bond motifs is 1. The van der Waals surface area contributed by atoms with Crippen molar-refractivity contribution < 1.29 is 5.11 Å². The second kappa shape index (κ2) is 6.72. The Balaban J connectivity index is 1.55. The summed E-state index contributed by atoms with van der Waals surface area (Å²) in [6.07, 6.45) is 4.71. The summed E-state index contributed by atoms with van der Waals surface area (Å²) >= 11 is 0. The summed E-state index contributed by atoms with van der Waals surface area (Å²) in [5.74, 6) is 3.07. The molecule has 1 aliphatic heterocycles. The van der Waals surface area contributed by atoms with Gasteiger partial charge in [0.15, 0.2) is 22.8 Å². The average molecular weight is 397 g/mol. The molecule has 0 aromatic carbocycles. The number of nitrogens with zero attached hydrogens (tertiary/aromatic N) is 9. The molecule has 1 atom stereocenters. The van der Waals surface area contributed by atoms with Crippen LogP contribution in [-0.2, 0) is 18.5 Å². The summed E-state index contributed by atoms with van der Waals surface area (Å²) < 4.78 is 3.89. The Labute approximate surface area is 169 Å². The maximum atomic E-state index is 10.0. The van der Waals surface area contributed by atoms with Gasteiger partial charge in [-0.25, -0.2) is 19.6 Å². The molecule has 0 bridgehead atoms. The number of β-amino-alcohol motifs (C(OH)–C–C–N with tert-alkyl or cyclic N) is 1. The summed E-state index contributed by atoms with van der Waals surface area (Å²) in [5.41, 5.74) is 1.33. The molecule has 1 aliphatic carbocycles. The van der Waals surface area contributed by atoms with Crippen LogP contribution in [0, 0.1) is 5.92 Å². The molecule has 2 aliphatic rings. The van der Waals surface area contributed by atoms with Crippen LogP contribution in [0.1, 0.15) is 51.7 Å². The first kappa shape index (κ1) is 18.4. The van der Waals surface area contributed by atoms with Crippen LogP contribution >= 0.6 is 0 Å². The van der Waals surface area contributed by atoms with E-state index in [2.05, 4.69) is 46.2 Å². The number of aliphatic hydroxyl groups excluding tert-OH is 1. The Morgan fingerprint density at radius 1 is 1.17 bits per heavy atom. The second-order valence-corrected chi connectivity index (χ2v) is 9.27. The Bertz CT molecular complexity index is 1030. The standard InChI is InChI=1S/C19H27N9O/c1-19(2,3)18-21-16(26-7-6-13(29)9-26)15-17(22-18)27(11-20-15)10-14-23-24-25-28(14)8-12-4-5-12/h11-13,29H,4-10H2,1-3H3/t13-/m0/s1. The van der Waals surface area contributed by atoms with Gasteiger partial charge in [0.25, 0.3) is 0 Å². The number of anilines is 1. The molecule has 29 heavy (non-hydrogen) atoms. The molecule has 3 aromatic rings. The molecule has 3 aromatic heterocycles. The molecule has 0 spiro atoms. The zero-order chi connectivity index (χ0) is 20.2. The Hall–Kier alpha value is -2.62.